The number of ether oxygens (including phenoxy) is 1. The van der Waals surface area contributed by atoms with E-state index in [0.29, 0.717) is 12.8 Å². The number of carbonyl (C=O) groups is 2. The van der Waals surface area contributed by atoms with E-state index >= 15 is 0 Å². The molecule has 0 saturated heterocycles. The predicted octanol–water partition coefficient (Wildman–Crippen LogP) is 3.20. The monoisotopic (exact) mass is 250 g/mol. The molecule has 1 aliphatic carbocycles. The van der Waals surface area contributed by atoms with Crippen LogP contribution in [0.2, 0.25) is 0 Å². The lowest BCUT2D eigenvalue weighted by atomic mass is 9.70. The van der Waals surface area contributed by atoms with Gasteiger partial charge in [0.1, 0.15) is 6.10 Å². The minimum atomic E-state index is -0.258. The van der Waals surface area contributed by atoms with Crippen molar-refractivity contribution >= 4 is 11.8 Å². The van der Waals surface area contributed by atoms with Gasteiger partial charge in [-0.05, 0) is 31.8 Å². The second kappa shape index (κ2) is 5.51. The summed E-state index contributed by atoms with van der Waals surface area (Å²) in [5.74, 6) is -0.187. The van der Waals surface area contributed by atoms with Crippen LogP contribution in [0.4, 0.5) is 0 Å². The third-order valence-electron chi connectivity index (χ3n) is 3.27. The third-order valence-corrected chi connectivity index (χ3v) is 3.27. The van der Waals surface area contributed by atoms with Crippen molar-refractivity contribution in [2.75, 3.05) is 0 Å². The summed E-state index contributed by atoms with van der Waals surface area (Å²) in [4.78, 5) is 23.1. The molecule has 0 fully saturated rings. The molecule has 0 aromatic rings. The Kier molecular flexibility index (Phi) is 4.49. The first-order valence-corrected chi connectivity index (χ1v) is 6.32. The smallest absolute Gasteiger partial charge is 0.302 e. The standard InChI is InChI=1S/C15H22O3/c1-6-7-13(17)14-10(2)8-12(18-11(3)16)9-15(14,4)5/h6-7,12H,8-9H2,1-5H3/b7-6+/t12-/m0/s1. The maximum Gasteiger partial charge on any atom is 0.302 e. The zero-order chi connectivity index (χ0) is 13.9. The molecule has 1 atom stereocenters. The second-order valence-electron chi connectivity index (χ2n) is 5.54. The van der Waals surface area contributed by atoms with Gasteiger partial charge in [0.2, 0.25) is 0 Å². The van der Waals surface area contributed by atoms with Crippen LogP contribution < -0.4 is 0 Å². The lowest BCUT2D eigenvalue weighted by Gasteiger charge is -2.37. The van der Waals surface area contributed by atoms with E-state index in [9.17, 15) is 9.59 Å². The Hall–Kier alpha value is -1.38. The van der Waals surface area contributed by atoms with Crippen LogP contribution >= 0.6 is 0 Å². The van der Waals surface area contributed by atoms with Gasteiger partial charge in [0, 0.05) is 18.9 Å². The van der Waals surface area contributed by atoms with Crippen molar-refractivity contribution in [1.29, 1.82) is 0 Å². The molecule has 0 bridgehead atoms. The Labute approximate surface area is 109 Å². The lowest BCUT2D eigenvalue weighted by Crippen LogP contribution is -2.34. The fourth-order valence-corrected chi connectivity index (χ4v) is 2.86. The van der Waals surface area contributed by atoms with Crippen LogP contribution in [-0.2, 0) is 14.3 Å². The zero-order valence-electron chi connectivity index (χ0n) is 11.9. The average molecular weight is 250 g/mol. The van der Waals surface area contributed by atoms with Crippen molar-refractivity contribution in [3.05, 3.63) is 23.3 Å². The topological polar surface area (TPSA) is 43.4 Å². The lowest BCUT2D eigenvalue weighted by molar-refractivity contribution is -0.147. The van der Waals surface area contributed by atoms with Crippen LogP contribution in [0.25, 0.3) is 0 Å². The zero-order valence-corrected chi connectivity index (χ0v) is 11.9. The van der Waals surface area contributed by atoms with E-state index in [-0.39, 0.29) is 23.3 Å². The van der Waals surface area contributed by atoms with Crippen LogP contribution in [0.5, 0.6) is 0 Å². The first-order valence-electron chi connectivity index (χ1n) is 6.32. The molecule has 0 heterocycles. The van der Waals surface area contributed by atoms with E-state index in [1.54, 1.807) is 12.2 Å². The first-order chi connectivity index (χ1) is 8.27. The highest BCUT2D eigenvalue weighted by atomic mass is 16.5. The molecule has 18 heavy (non-hydrogen) atoms. The van der Waals surface area contributed by atoms with Crippen molar-refractivity contribution in [1.82, 2.24) is 0 Å². The van der Waals surface area contributed by atoms with Crippen LogP contribution in [0.1, 0.15) is 47.5 Å². The van der Waals surface area contributed by atoms with Gasteiger partial charge in [-0.1, -0.05) is 25.5 Å². The summed E-state index contributed by atoms with van der Waals surface area (Å²) in [6.45, 7) is 9.28. The summed E-state index contributed by atoms with van der Waals surface area (Å²) in [6, 6.07) is 0. The second-order valence-corrected chi connectivity index (χ2v) is 5.54. The molecule has 0 spiro atoms. The Balaban J connectivity index is 3.03. The highest BCUT2D eigenvalue weighted by Crippen LogP contribution is 2.41. The van der Waals surface area contributed by atoms with Crippen molar-refractivity contribution in [2.24, 2.45) is 5.41 Å². The molecule has 0 unspecified atom stereocenters. The molecule has 1 rings (SSSR count). The molecule has 0 aromatic heterocycles. The Morgan fingerprint density at radius 1 is 1.39 bits per heavy atom. The SMILES string of the molecule is C/C=C/C(=O)C1=C(C)C[C@H](OC(C)=O)CC1(C)C. The normalized spacial score (nSPS) is 23.3. The largest absolute Gasteiger partial charge is 0.462 e. The highest BCUT2D eigenvalue weighted by Gasteiger charge is 2.37. The molecular weight excluding hydrogens is 228 g/mol. The van der Waals surface area contributed by atoms with Crippen molar-refractivity contribution in [3.63, 3.8) is 0 Å². The van der Waals surface area contributed by atoms with Crippen LogP contribution in [0.3, 0.4) is 0 Å². The van der Waals surface area contributed by atoms with Gasteiger partial charge >= 0.3 is 5.97 Å². The van der Waals surface area contributed by atoms with Gasteiger partial charge in [-0.3, -0.25) is 9.59 Å². The highest BCUT2D eigenvalue weighted by molar-refractivity contribution is 6.05. The van der Waals surface area contributed by atoms with E-state index in [1.807, 2.05) is 27.7 Å². The molecule has 0 N–H and O–H groups in total. The third kappa shape index (κ3) is 3.31. The number of ketones is 1. The maximum absolute atomic E-state index is 12.1. The van der Waals surface area contributed by atoms with Gasteiger partial charge < -0.3 is 4.74 Å². The summed E-state index contributed by atoms with van der Waals surface area (Å²) in [6.07, 6.45) is 4.60. The molecule has 3 heteroatoms. The Morgan fingerprint density at radius 2 is 2.00 bits per heavy atom. The minimum absolute atomic E-state index is 0.0706. The molecule has 100 valence electrons. The minimum Gasteiger partial charge on any atom is -0.462 e. The predicted molar refractivity (Wildman–Crippen MR) is 71.1 cm³/mol. The number of carbonyl (C=O) groups excluding carboxylic acids is 2. The van der Waals surface area contributed by atoms with E-state index < -0.39 is 0 Å². The van der Waals surface area contributed by atoms with Gasteiger partial charge in [0.15, 0.2) is 5.78 Å². The van der Waals surface area contributed by atoms with Crippen LogP contribution in [-0.4, -0.2) is 17.9 Å². The summed E-state index contributed by atoms with van der Waals surface area (Å²) in [5.41, 5.74) is 1.64. The van der Waals surface area contributed by atoms with Gasteiger partial charge in [0.25, 0.3) is 0 Å². The quantitative estimate of drug-likeness (QED) is 0.570. The molecular formula is C15H22O3. The fraction of sp³-hybridized carbons (Fsp3) is 0.600. The van der Waals surface area contributed by atoms with Crippen LogP contribution in [0.15, 0.2) is 23.3 Å². The molecule has 0 aliphatic heterocycles. The summed E-state index contributed by atoms with van der Waals surface area (Å²) >= 11 is 0. The molecule has 0 amide bonds. The molecule has 1 aliphatic rings. The number of hydrogen-bond acceptors (Lipinski definition) is 3. The van der Waals surface area contributed by atoms with Crippen molar-refractivity contribution < 1.29 is 14.3 Å². The first kappa shape index (κ1) is 14.7. The number of allylic oxidation sites excluding steroid dienone is 3. The van der Waals surface area contributed by atoms with Gasteiger partial charge in [-0.2, -0.15) is 0 Å². The summed E-state index contributed by atoms with van der Waals surface area (Å²) in [7, 11) is 0. The van der Waals surface area contributed by atoms with Gasteiger partial charge in [-0.15, -0.1) is 0 Å². The molecule has 3 nitrogen and oxygen atoms in total. The van der Waals surface area contributed by atoms with E-state index in [1.165, 1.54) is 6.92 Å². The van der Waals surface area contributed by atoms with Crippen molar-refractivity contribution in [2.45, 2.75) is 53.6 Å². The molecule has 0 aromatic carbocycles. The van der Waals surface area contributed by atoms with E-state index in [0.717, 1.165) is 11.1 Å². The van der Waals surface area contributed by atoms with Crippen molar-refractivity contribution in [3.8, 4) is 0 Å². The number of esters is 1. The number of hydrogen-bond donors (Lipinski definition) is 0. The van der Waals surface area contributed by atoms with E-state index in [2.05, 4.69) is 0 Å². The van der Waals surface area contributed by atoms with Crippen LogP contribution in [0, 0.1) is 5.41 Å². The summed E-state index contributed by atoms with van der Waals surface area (Å²) in [5, 5.41) is 0. The average Bonchev–Trinajstić information content (AvgIpc) is 2.13. The molecule has 0 saturated carbocycles. The Morgan fingerprint density at radius 3 is 2.44 bits per heavy atom. The maximum atomic E-state index is 12.1. The molecule has 0 radical (unpaired) electrons. The van der Waals surface area contributed by atoms with Gasteiger partial charge in [-0.25, -0.2) is 0 Å². The van der Waals surface area contributed by atoms with E-state index in [4.69, 9.17) is 4.74 Å². The summed E-state index contributed by atoms with van der Waals surface area (Å²) < 4.78 is 5.28. The Bertz CT molecular complexity index is 413. The number of rotatable bonds is 3. The van der Waals surface area contributed by atoms with Gasteiger partial charge in [0.05, 0.1) is 0 Å². The fourth-order valence-electron chi connectivity index (χ4n) is 2.86.